The highest BCUT2D eigenvalue weighted by Gasteiger charge is 2.50. The highest BCUT2D eigenvalue weighted by molar-refractivity contribution is 8.14. The minimum atomic E-state index is -2.78. The number of hydrogen-bond acceptors (Lipinski definition) is 7. The Hall–Kier alpha value is -2.66. The summed E-state index contributed by atoms with van der Waals surface area (Å²) in [4.78, 5) is 24.3. The van der Waals surface area contributed by atoms with Gasteiger partial charge >= 0.3 is 0 Å². The number of rotatable bonds is 4. The van der Waals surface area contributed by atoms with Crippen LogP contribution in [0.4, 0.5) is 18.9 Å². The maximum absolute atomic E-state index is 15.0. The molecule has 0 saturated carbocycles. The Morgan fingerprint density at radius 2 is 2.16 bits per heavy atom. The van der Waals surface area contributed by atoms with E-state index in [9.17, 15) is 18.0 Å². The SMILES string of the molecule is CC1SC(N)=NC2(c3cc(NC(=O)c4cnc(C(F)F)cn4)ccc3F)COCCC12. The summed E-state index contributed by atoms with van der Waals surface area (Å²) < 4.78 is 45.9. The van der Waals surface area contributed by atoms with Crippen molar-refractivity contribution in [2.45, 2.75) is 30.6 Å². The fourth-order valence-corrected chi connectivity index (χ4v) is 5.18. The molecule has 3 atom stereocenters. The molecule has 3 unspecified atom stereocenters. The largest absolute Gasteiger partial charge is 0.379 e. The molecule has 0 bridgehead atoms. The highest BCUT2D eigenvalue weighted by Crippen LogP contribution is 2.48. The van der Waals surface area contributed by atoms with Crippen molar-refractivity contribution in [2.24, 2.45) is 16.6 Å². The van der Waals surface area contributed by atoms with Gasteiger partial charge in [-0.2, -0.15) is 0 Å². The Morgan fingerprint density at radius 3 is 2.87 bits per heavy atom. The van der Waals surface area contributed by atoms with E-state index in [1.54, 1.807) is 0 Å². The Morgan fingerprint density at radius 1 is 1.35 bits per heavy atom. The van der Waals surface area contributed by atoms with E-state index in [0.29, 0.717) is 23.9 Å². The Labute approximate surface area is 180 Å². The number of carbonyl (C=O) groups excluding carboxylic acids is 1. The minimum absolute atomic E-state index is 0.00626. The lowest BCUT2D eigenvalue weighted by Gasteiger charge is -2.46. The number of aliphatic imine (C=N–C) groups is 1. The van der Waals surface area contributed by atoms with Gasteiger partial charge in [0.1, 0.15) is 22.7 Å². The van der Waals surface area contributed by atoms with E-state index in [1.165, 1.54) is 30.0 Å². The number of nitrogens with one attached hydrogen (secondary N) is 1. The third-order valence-corrected chi connectivity index (χ3v) is 6.54. The van der Waals surface area contributed by atoms with Crippen LogP contribution >= 0.6 is 11.8 Å². The van der Waals surface area contributed by atoms with Gasteiger partial charge in [-0.15, -0.1) is 0 Å². The Kier molecular flexibility index (Phi) is 5.89. The molecule has 2 aliphatic heterocycles. The molecule has 2 aromatic rings. The van der Waals surface area contributed by atoms with Gasteiger partial charge in [-0.05, 0) is 24.6 Å². The molecular formula is C20H20F3N5O2S. The number of alkyl halides is 2. The second-order valence-electron chi connectivity index (χ2n) is 7.42. The average molecular weight is 451 g/mol. The number of anilines is 1. The zero-order valence-electron chi connectivity index (χ0n) is 16.5. The van der Waals surface area contributed by atoms with Gasteiger partial charge in [-0.1, -0.05) is 18.7 Å². The molecule has 3 heterocycles. The van der Waals surface area contributed by atoms with Crippen LogP contribution < -0.4 is 11.1 Å². The van der Waals surface area contributed by atoms with Crippen LogP contribution in [0.3, 0.4) is 0 Å². The van der Waals surface area contributed by atoms with Gasteiger partial charge in [-0.3, -0.25) is 9.78 Å². The van der Waals surface area contributed by atoms with Gasteiger partial charge in [0.05, 0.1) is 19.0 Å². The smallest absolute Gasteiger partial charge is 0.281 e. The number of amidine groups is 1. The maximum atomic E-state index is 15.0. The zero-order valence-corrected chi connectivity index (χ0v) is 17.3. The van der Waals surface area contributed by atoms with Crippen molar-refractivity contribution in [1.82, 2.24) is 9.97 Å². The molecule has 164 valence electrons. The van der Waals surface area contributed by atoms with Crippen LogP contribution in [-0.2, 0) is 10.3 Å². The first kappa shape index (κ1) is 21.6. The van der Waals surface area contributed by atoms with Crippen LogP contribution in [0.2, 0.25) is 0 Å². The van der Waals surface area contributed by atoms with Crippen LogP contribution in [-0.4, -0.2) is 39.5 Å². The molecule has 11 heteroatoms. The number of ether oxygens (including phenoxy) is 1. The summed E-state index contributed by atoms with van der Waals surface area (Å²) in [6.45, 7) is 2.76. The van der Waals surface area contributed by atoms with Gasteiger partial charge in [0.15, 0.2) is 5.17 Å². The van der Waals surface area contributed by atoms with Crippen LogP contribution in [0, 0.1) is 11.7 Å². The molecule has 7 nitrogen and oxygen atoms in total. The molecule has 1 amide bonds. The first-order valence-electron chi connectivity index (χ1n) is 9.61. The Bertz CT molecular complexity index is 1020. The molecule has 0 spiro atoms. The summed E-state index contributed by atoms with van der Waals surface area (Å²) in [6, 6.07) is 4.16. The van der Waals surface area contributed by atoms with Crippen LogP contribution in [0.25, 0.3) is 0 Å². The minimum Gasteiger partial charge on any atom is -0.379 e. The van der Waals surface area contributed by atoms with E-state index < -0.39 is 29.4 Å². The normalized spacial score (nSPS) is 25.6. The van der Waals surface area contributed by atoms with Crippen molar-refractivity contribution in [3.63, 3.8) is 0 Å². The first-order valence-corrected chi connectivity index (χ1v) is 10.5. The van der Waals surface area contributed by atoms with Crippen molar-refractivity contribution >= 4 is 28.5 Å². The molecule has 1 fully saturated rings. The van der Waals surface area contributed by atoms with Crippen LogP contribution in [0.15, 0.2) is 35.6 Å². The molecular weight excluding hydrogens is 431 g/mol. The number of nitrogens with two attached hydrogens (primary N) is 1. The fourth-order valence-electron chi connectivity index (χ4n) is 4.05. The first-order chi connectivity index (χ1) is 14.8. The highest BCUT2D eigenvalue weighted by atomic mass is 32.2. The third-order valence-electron chi connectivity index (χ3n) is 5.51. The predicted octanol–water partition coefficient (Wildman–Crippen LogP) is 3.49. The Balaban J connectivity index is 1.65. The van der Waals surface area contributed by atoms with E-state index in [1.807, 2.05) is 6.92 Å². The summed E-state index contributed by atoms with van der Waals surface area (Å²) in [5.41, 5.74) is 4.96. The molecule has 0 aliphatic carbocycles. The summed E-state index contributed by atoms with van der Waals surface area (Å²) in [5, 5.41) is 3.08. The predicted molar refractivity (Wildman–Crippen MR) is 111 cm³/mol. The molecule has 1 saturated heterocycles. The van der Waals surface area contributed by atoms with Crippen molar-refractivity contribution in [3.05, 3.63) is 53.4 Å². The molecule has 0 radical (unpaired) electrons. The van der Waals surface area contributed by atoms with Crippen molar-refractivity contribution in [1.29, 1.82) is 0 Å². The second kappa shape index (κ2) is 8.46. The molecule has 1 aromatic carbocycles. The second-order valence-corrected chi connectivity index (χ2v) is 8.82. The summed E-state index contributed by atoms with van der Waals surface area (Å²) >= 11 is 1.45. The van der Waals surface area contributed by atoms with Gasteiger partial charge in [0, 0.05) is 29.0 Å². The standard InChI is InChI=1S/C20H20F3N5O2S/c1-10-12-4-5-30-9-20(12,28-19(24)31-10)13-6-11(2-3-14(13)21)27-18(29)16-8-25-15(7-26-16)17(22)23/h2-3,6-8,10,12,17H,4-5,9H2,1H3,(H2,24,28)(H,27,29). The number of carbonyl (C=O) groups is 1. The van der Waals surface area contributed by atoms with E-state index in [2.05, 4.69) is 20.3 Å². The quantitative estimate of drug-likeness (QED) is 0.738. The van der Waals surface area contributed by atoms with E-state index in [4.69, 9.17) is 10.5 Å². The molecule has 31 heavy (non-hydrogen) atoms. The van der Waals surface area contributed by atoms with E-state index in [-0.39, 0.29) is 29.0 Å². The third kappa shape index (κ3) is 4.11. The van der Waals surface area contributed by atoms with Crippen LogP contribution in [0.1, 0.15) is 41.5 Å². The fraction of sp³-hybridized carbons (Fsp3) is 0.400. The lowest BCUT2D eigenvalue weighted by molar-refractivity contribution is -0.00417. The zero-order chi connectivity index (χ0) is 22.2. The molecule has 1 aromatic heterocycles. The molecule has 3 N–H and O–H groups in total. The lowest BCUT2D eigenvalue weighted by atomic mass is 9.74. The van der Waals surface area contributed by atoms with Crippen molar-refractivity contribution in [2.75, 3.05) is 18.5 Å². The van der Waals surface area contributed by atoms with Gasteiger partial charge < -0.3 is 15.8 Å². The monoisotopic (exact) mass is 451 g/mol. The van der Waals surface area contributed by atoms with E-state index >= 15 is 0 Å². The van der Waals surface area contributed by atoms with Gasteiger partial charge in [-0.25, -0.2) is 23.1 Å². The average Bonchev–Trinajstić information content (AvgIpc) is 2.74. The van der Waals surface area contributed by atoms with Gasteiger partial charge in [0.2, 0.25) is 0 Å². The number of nitrogens with zero attached hydrogens (tertiary/aromatic N) is 3. The van der Waals surface area contributed by atoms with Crippen molar-refractivity contribution in [3.8, 4) is 0 Å². The number of benzene rings is 1. The maximum Gasteiger partial charge on any atom is 0.281 e. The molecule has 4 rings (SSSR count). The summed E-state index contributed by atoms with van der Waals surface area (Å²) in [5.74, 6) is -1.13. The number of hydrogen-bond donors (Lipinski definition) is 2. The summed E-state index contributed by atoms with van der Waals surface area (Å²) in [6.07, 6.45) is -0.265. The van der Waals surface area contributed by atoms with E-state index in [0.717, 1.165) is 12.4 Å². The summed E-state index contributed by atoms with van der Waals surface area (Å²) in [7, 11) is 0. The number of halogens is 3. The number of thioether (sulfide) groups is 1. The lowest BCUT2D eigenvalue weighted by Crippen LogP contribution is -2.50. The van der Waals surface area contributed by atoms with Crippen molar-refractivity contribution < 1.29 is 22.7 Å². The van der Waals surface area contributed by atoms with Crippen LogP contribution in [0.5, 0.6) is 0 Å². The number of amides is 1. The molecule has 2 aliphatic rings. The number of aromatic nitrogens is 2. The number of fused-ring (bicyclic) bond motifs is 1. The van der Waals surface area contributed by atoms with Gasteiger partial charge in [0.25, 0.3) is 12.3 Å². The topological polar surface area (TPSA) is 102 Å².